The van der Waals surface area contributed by atoms with E-state index in [1.807, 2.05) is 24.3 Å². The third-order valence-corrected chi connectivity index (χ3v) is 6.19. The second-order valence-corrected chi connectivity index (χ2v) is 8.05. The van der Waals surface area contributed by atoms with Crippen molar-refractivity contribution in [1.82, 2.24) is 25.4 Å². The van der Waals surface area contributed by atoms with Crippen molar-refractivity contribution >= 4 is 11.8 Å². The topological polar surface area (TPSA) is 90.7 Å². The standard InChI is InChI=1S/C22H29N5O3/c1-26-17(7-8-20(28)24-14-18-6-4-12-30-18)13-25-22(29)21-19(26)9-11-27(21)15-16-5-2-3-10-23-16/h2-6,10,12,17,19,21H,7-9,11,13-15H2,1H3,(H,24,28)(H,25,29)/t17-,19+,21-/m0/s1. The number of amides is 2. The van der Waals surface area contributed by atoms with Gasteiger partial charge in [-0.3, -0.25) is 24.4 Å². The zero-order valence-electron chi connectivity index (χ0n) is 17.3. The van der Waals surface area contributed by atoms with Crippen LogP contribution in [0.4, 0.5) is 0 Å². The molecule has 0 unspecified atom stereocenters. The number of likely N-dealkylation sites (tertiary alicyclic amines) is 1. The predicted octanol–water partition coefficient (Wildman–Crippen LogP) is 1.14. The van der Waals surface area contributed by atoms with Crippen molar-refractivity contribution in [3.8, 4) is 0 Å². The number of furan rings is 1. The van der Waals surface area contributed by atoms with Gasteiger partial charge in [-0.05, 0) is 44.2 Å². The average molecular weight is 412 g/mol. The molecule has 8 heteroatoms. The molecule has 2 amide bonds. The molecule has 0 radical (unpaired) electrons. The fourth-order valence-electron chi connectivity index (χ4n) is 4.51. The molecule has 4 rings (SSSR count). The summed E-state index contributed by atoms with van der Waals surface area (Å²) >= 11 is 0. The first-order chi connectivity index (χ1) is 14.6. The first-order valence-electron chi connectivity index (χ1n) is 10.5. The van der Waals surface area contributed by atoms with Crippen molar-refractivity contribution in [2.75, 3.05) is 20.1 Å². The maximum atomic E-state index is 12.9. The second kappa shape index (κ2) is 9.40. The third kappa shape index (κ3) is 4.71. The number of nitrogens with one attached hydrogen (secondary N) is 2. The lowest BCUT2D eigenvalue weighted by Crippen LogP contribution is -2.49. The van der Waals surface area contributed by atoms with Crippen LogP contribution in [0.25, 0.3) is 0 Å². The number of carbonyl (C=O) groups is 2. The van der Waals surface area contributed by atoms with E-state index in [-0.39, 0.29) is 29.9 Å². The van der Waals surface area contributed by atoms with E-state index < -0.39 is 0 Å². The minimum absolute atomic E-state index is 0.00451. The van der Waals surface area contributed by atoms with Gasteiger partial charge in [0.15, 0.2) is 0 Å². The summed E-state index contributed by atoms with van der Waals surface area (Å²) in [4.78, 5) is 34.0. The molecule has 2 N–H and O–H groups in total. The van der Waals surface area contributed by atoms with Crippen LogP contribution in [0.3, 0.4) is 0 Å². The van der Waals surface area contributed by atoms with Crippen LogP contribution in [0.2, 0.25) is 0 Å². The summed E-state index contributed by atoms with van der Waals surface area (Å²) in [7, 11) is 2.08. The van der Waals surface area contributed by atoms with E-state index in [9.17, 15) is 9.59 Å². The third-order valence-electron chi connectivity index (χ3n) is 6.19. The van der Waals surface area contributed by atoms with Crippen LogP contribution in [0.5, 0.6) is 0 Å². The van der Waals surface area contributed by atoms with Gasteiger partial charge in [0, 0.05) is 44.3 Å². The van der Waals surface area contributed by atoms with Gasteiger partial charge in [-0.1, -0.05) is 6.07 Å². The monoisotopic (exact) mass is 411 g/mol. The van der Waals surface area contributed by atoms with Crippen LogP contribution in [-0.4, -0.2) is 64.9 Å². The zero-order chi connectivity index (χ0) is 20.9. The average Bonchev–Trinajstić information content (AvgIpc) is 3.40. The van der Waals surface area contributed by atoms with E-state index in [0.717, 1.165) is 24.4 Å². The molecular formula is C22H29N5O3. The smallest absolute Gasteiger partial charge is 0.239 e. The number of fused-ring (bicyclic) bond motifs is 1. The van der Waals surface area contributed by atoms with Crippen molar-refractivity contribution in [2.45, 2.75) is 50.5 Å². The van der Waals surface area contributed by atoms with Gasteiger partial charge >= 0.3 is 0 Å². The summed E-state index contributed by atoms with van der Waals surface area (Å²) in [5.41, 5.74) is 0.975. The first-order valence-corrected chi connectivity index (χ1v) is 10.5. The molecule has 2 saturated heterocycles. The predicted molar refractivity (Wildman–Crippen MR) is 111 cm³/mol. The van der Waals surface area contributed by atoms with Gasteiger partial charge in [-0.2, -0.15) is 0 Å². The van der Waals surface area contributed by atoms with Crippen LogP contribution < -0.4 is 10.6 Å². The number of nitrogens with zero attached hydrogens (tertiary/aromatic N) is 3. The Kier molecular flexibility index (Phi) is 6.44. The first kappa shape index (κ1) is 20.6. The Hall–Kier alpha value is -2.71. The van der Waals surface area contributed by atoms with Gasteiger partial charge < -0.3 is 15.1 Å². The summed E-state index contributed by atoms with van der Waals surface area (Å²) < 4.78 is 5.24. The van der Waals surface area contributed by atoms with Gasteiger partial charge in [0.25, 0.3) is 0 Å². The Morgan fingerprint density at radius 1 is 1.33 bits per heavy atom. The van der Waals surface area contributed by atoms with Crippen LogP contribution >= 0.6 is 0 Å². The van der Waals surface area contributed by atoms with E-state index in [0.29, 0.717) is 32.5 Å². The number of aromatic nitrogens is 1. The molecule has 30 heavy (non-hydrogen) atoms. The molecule has 3 atom stereocenters. The molecule has 2 aromatic rings. The van der Waals surface area contributed by atoms with E-state index in [1.165, 1.54) is 0 Å². The number of likely N-dealkylation sites (N-methyl/N-ethyl adjacent to an activating group) is 1. The van der Waals surface area contributed by atoms with Gasteiger partial charge in [0.1, 0.15) is 11.8 Å². The lowest BCUT2D eigenvalue weighted by atomic mass is 10.0. The van der Waals surface area contributed by atoms with Gasteiger partial charge in [-0.25, -0.2) is 0 Å². The summed E-state index contributed by atoms with van der Waals surface area (Å²) in [6, 6.07) is 9.61. The lowest BCUT2D eigenvalue weighted by molar-refractivity contribution is -0.126. The SMILES string of the molecule is CN1[C@@H](CCC(=O)NCc2ccco2)CNC(=O)[C@@H]2[C@H]1CCN2Cc1ccccn1. The van der Waals surface area contributed by atoms with E-state index in [2.05, 4.69) is 32.5 Å². The maximum Gasteiger partial charge on any atom is 0.239 e. The number of carbonyl (C=O) groups excluding carboxylic acids is 2. The highest BCUT2D eigenvalue weighted by atomic mass is 16.3. The summed E-state index contributed by atoms with van der Waals surface area (Å²) in [6.07, 6.45) is 5.43. The van der Waals surface area contributed by atoms with Crippen molar-refractivity contribution in [3.63, 3.8) is 0 Å². The van der Waals surface area contributed by atoms with Crippen molar-refractivity contribution < 1.29 is 14.0 Å². The van der Waals surface area contributed by atoms with Gasteiger partial charge in [0.05, 0.1) is 18.5 Å². The largest absolute Gasteiger partial charge is 0.467 e. The number of hydrogen-bond donors (Lipinski definition) is 2. The molecule has 2 aliphatic rings. The fraction of sp³-hybridized carbons (Fsp3) is 0.500. The molecule has 0 saturated carbocycles. The van der Waals surface area contributed by atoms with Crippen LogP contribution in [0.1, 0.15) is 30.7 Å². The molecule has 160 valence electrons. The van der Waals surface area contributed by atoms with Crippen molar-refractivity contribution in [1.29, 1.82) is 0 Å². The molecule has 2 aromatic heterocycles. The van der Waals surface area contributed by atoms with Gasteiger partial charge in [-0.15, -0.1) is 0 Å². The minimum atomic E-state index is -0.185. The Labute approximate surface area is 176 Å². The molecular weight excluding hydrogens is 382 g/mol. The second-order valence-electron chi connectivity index (χ2n) is 8.05. The number of pyridine rings is 1. The highest BCUT2D eigenvalue weighted by Gasteiger charge is 2.44. The van der Waals surface area contributed by atoms with E-state index >= 15 is 0 Å². The molecule has 0 bridgehead atoms. The summed E-state index contributed by atoms with van der Waals surface area (Å²) in [5, 5.41) is 5.99. The van der Waals surface area contributed by atoms with E-state index in [4.69, 9.17) is 4.42 Å². The van der Waals surface area contributed by atoms with Crippen LogP contribution in [0, 0.1) is 0 Å². The Balaban J connectivity index is 1.33. The zero-order valence-corrected chi connectivity index (χ0v) is 17.3. The van der Waals surface area contributed by atoms with Gasteiger partial charge in [0.2, 0.25) is 11.8 Å². The van der Waals surface area contributed by atoms with E-state index in [1.54, 1.807) is 18.5 Å². The molecule has 4 heterocycles. The molecule has 0 aliphatic carbocycles. The minimum Gasteiger partial charge on any atom is -0.467 e. The highest BCUT2D eigenvalue weighted by Crippen LogP contribution is 2.28. The quantitative estimate of drug-likeness (QED) is 0.710. The summed E-state index contributed by atoms with van der Waals surface area (Å²) in [5.74, 6) is 0.809. The number of rotatable bonds is 7. The summed E-state index contributed by atoms with van der Waals surface area (Å²) in [6.45, 7) is 2.49. The fourth-order valence-corrected chi connectivity index (χ4v) is 4.51. The normalized spacial score (nSPS) is 24.8. The molecule has 0 spiro atoms. The van der Waals surface area contributed by atoms with Crippen LogP contribution in [-0.2, 0) is 22.7 Å². The molecule has 2 aliphatic heterocycles. The van der Waals surface area contributed by atoms with Crippen molar-refractivity contribution in [2.24, 2.45) is 0 Å². The number of hydrogen-bond acceptors (Lipinski definition) is 6. The Bertz CT molecular complexity index is 842. The lowest BCUT2D eigenvalue weighted by Gasteiger charge is -2.33. The Morgan fingerprint density at radius 2 is 2.23 bits per heavy atom. The Morgan fingerprint density at radius 3 is 3.00 bits per heavy atom. The molecule has 0 aromatic carbocycles. The van der Waals surface area contributed by atoms with Crippen molar-refractivity contribution in [3.05, 3.63) is 54.2 Å². The van der Waals surface area contributed by atoms with Crippen LogP contribution in [0.15, 0.2) is 47.2 Å². The molecule has 2 fully saturated rings. The highest BCUT2D eigenvalue weighted by molar-refractivity contribution is 5.83. The maximum absolute atomic E-state index is 12.9. The molecule has 8 nitrogen and oxygen atoms in total.